The number of rotatable bonds is 6. The summed E-state index contributed by atoms with van der Waals surface area (Å²) < 4.78 is 27.3. The van der Waals surface area contributed by atoms with Gasteiger partial charge in [-0.2, -0.15) is 17.4 Å². The third-order valence-electron chi connectivity index (χ3n) is 3.26. The smallest absolute Gasteiger partial charge is 0.279 e. The van der Waals surface area contributed by atoms with Crippen LogP contribution in [-0.4, -0.2) is 49.5 Å². The van der Waals surface area contributed by atoms with Gasteiger partial charge in [-0.05, 0) is 12.8 Å². The Kier molecular flexibility index (Phi) is 5.51. The molecule has 1 rings (SSSR count). The second-order valence-corrected chi connectivity index (χ2v) is 6.39. The summed E-state index contributed by atoms with van der Waals surface area (Å²) in [6.07, 6.45) is 3.37. The van der Waals surface area contributed by atoms with Gasteiger partial charge in [-0.1, -0.05) is 19.3 Å². The van der Waals surface area contributed by atoms with Crippen molar-refractivity contribution >= 4 is 16.1 Å². The minimum atomic E-state index is -3.67. The molecule has 0 spiro atoms. The molecule has 1 amide bonds. The fraction of sp³-hybridized carbons (Fsp3) is 0.900. The molecule has 1 aliphatic rings. The number of amides is 1. The van der Waals surface area contributed by atoms with E-state index >= 15 is 0 Å². The molecular weight excluding hydrogens is 258 g/mol. The van der Waals surface area contributed by atoms with Crippen molar-refractivity contribution in [1.29, 1.82) is 0 Å². The third kappa shape index (κ3) is 4.20. The summed E-state index contributed by atoms with van der Waals surface area (Å²) in [5, 5.41) is 9.16. The van der Waals surface area contributed by atoms with E-state index in [-0.39, 0.29) is 6.04 Å². The van der Waals surface area contributed by atoms with Gasteiger partial charge in [-0.15, -0.1) is 0 Å². The van der Waals surface area contributed by atoms with E-state index in [4.69, 9.17) is 10.8 Å². The van der Waals surface area contributed by atoms with Gasteiger partial charge in [-0.25, -0.2) is 0 Å². The van der Waals surface area contributed by atoms with Crippen LogP contribution < -0.4 is 10.5 Å². The average Bonchev–Trinajstić information content (AvgIpc) is 2.36. The first kappa shape index (κ1) is 15.4. The van der Waals surface area contributed by atoms with Gasteiger partial charge >= 0.3 is 0 Å². The van der Waals surface area contributed by atoms with Crippen LogP contribution in [0.15, 0.2) is 0 Å². The van der Waals surface area contributed by atoms with Gasteiger partial charge in [0.25, 0.3) is 10.2 Å². The molecule has 1 fully saturated rings. The van der Waals surface area contributed by atoms with Gasteiger partial charge in [0.05, 0.1) is 0 Å². The highest BCUT2D eigenvalue weighted by Gasteiger charge is 2.28. The molecule has 7 nitrogen and oxygen atoms in total. The molecule has 106 valence electrons. The van der Waals surface area contributed by atoms with Gasteiger partial charge in [0.1, 0.15) is 6.10 Å². The highest BCUT2D eigenvalue weighted by Crippen LogP contribution is 2.22. The summed E-state index contributed by atoms with van der Waals surface area (Å²) in [5.74, 6) is -0.946. The number of aliphatic hydroxyl groups is 1. The second-order valence-electron chi connectivity index (χ2n) is 4.58. The maximum absolute atomic E-state index is 11.9. The fourth-order valence-electron chi connectivity index (χ4n) is 2.03. The largest absolute Gasteiger partial charge is 0.382 e. The number of nitrogens with two attached hydrogens (primary N) is 1. The lowest BCUT2D eigenvalue weighted by molar-refractivity contribution is -0.125. The monoisotopic (exact) mass is 279 g/mol. The van der Waals surface area contributed by atoms with Crippen molar-refractivity contribution in [2.24, 2.45) is 5.73 Å². The van der Waals surface area contributed by atoms with Crippen LogP contribution in [0.25, 0.3) is 0 Å². The Labute approximate surface area is 108 Å². The lowest BCUT2D eigenvalue weighted by atomic mass is 9.96. The van der Waals surface area contributed by atoms with E-state index in [2.05, 4.69) is 4.72 Å². The zero-order chi connectivity index (χ0) is 13.8. The minimum absolute atomic E-state index is 0.0121. The van der Waals surface area contributed by atoms with Gasteiger partial charge in [0.15, 0.2) is 0 Å². The first-order valence-electron chi connectivity index (χ1n) is 6.04. The molecule has 1 unspecified atom stereocenters. The summed E-state index contributed by atoms with van der Waals surface area (Å²) in [7, 11) is -2.16. The van der Waals surface area contributed by atoms with Crippen LogP contribution in [0.2, 0.25) is 0 Å². The molecule has 0 aromatic carbocycles. The number of hydrogen-bond acceptors (Lipinski definition) is 4. The standard InChI is InChI=1S/C10H21N3O4S/c1-13(8-5-3-2-4-6-8)18(16,17)12-7-9(14)10(11)15/h8-9,12,14H,2-7H2,1H3,(H2,11,15). The molecule has 1 saturated carbocycles. The lowest BCUT2D eigenvalue weighted by Crippen LogP contribution is -2.48. The molecule has 8 heteroatoms. The Morgan fingerprint density at radius 3 is 2.50 bits per heavy atom. The normalized spacial score (nSPS) is 19.9. The van der Waals surface area contributed by atoms with Crippen molar-refractivity contribution in [3.8, 4) is 0 Å². The molecule has 0 heterocycles. The Morgan fingerprint density at radius 2 is 2.00 bits per heavy atom. The number of carbonyl (C=O) groups is 1. The average molecular weight is 279 g/mol. The number of hydrogen-bond donors (Lipinski definition) is 3. The van der Waals surface area contributed by atoms with Crippen molar-refractivity contribution in [2.75, 3.05) is 13.6 Å². The first-order chi connectivity index (χ1) is 8.34. The molecule has 0 aromatic rings. The van der Waals surface area contributed by atoms with Crippen LogP contribution in [0, 0.1) is 0 Å². The summed E-state index contributed by atoms with van der Waals surface area (Å²) in [4.78, 5) is 10.6. The van der Waals surface area contributed by atoms with Crippen LogP contribution in [0.5, 0.6) is 0 Å². The van der Waals surface area contributed by atoms with Crippen molar-refractivity contribution in [3.63, 3.8) is 0 Å². The maximum atomic E-state index is 11.9. The Balaban J connectivity index is 2.53. The van der Waals surface area contributed by atoms with E-state index in [1.165, 1.54) is 11.4 Å². The highest BCUT2D eigenvalue weighted by atomic mass is 32.2. The molecule has 0 bridgehead atoms. The Bertz CT molecular complexity index is 379. The topological polar surface area (TPSA) is 113 Å². The predicted molar refractivity (Wildman–Crippen MR) is 66.8 cm³/mol. The summed E-state index contributed by atoms with van der Waals surface area (Å²) in [5.41, 5.74) is 4.85. The van der Waals surface area contributed by atoms with Crippen LogP contribution in [0.1, 0.15) is 32.1 Å². The van der Waals surface area contributed by atoms with E-state index in [1.54, 1.807) is 0 Å². The van der Waals surface area contributed by atoms with Crippen molar-refractivity contribution < 1.29 is 18.3 Å². The van der Waals surface area contributed by atoms with Gasteiger partial charge in [0.2, 0.25) is 5.91 Å². The zero-order valence-electron chi connectivity index (χ0n) is 10.5. The van der Waals surface area contributed by atoms with E-state index in [0.29, 0.717) is 0 Å². The first-order valence-corrected chi connectivity index (χ1v) is 7.48. The second kappa shape index (κ2) is 6.46. The van der Waals surface area contributed by atoms with Crippen LogP contribution >= 0.6 is 0 Å². The number of nitrogens with one attached hydrogen (secondary N) is 1. The molecule has 0 saturated heterocycles. The van der Waals surface area contributed by atoms with Crippen molar-refractivity contribution in [3.05, 3.63) is 0 Å². The quantitative estimate of drug-likeness (QED) is 0.574. The summed E-state index contributed by atoms with van der Waals surface area (Å²) in [6, 6.07) is -0.0121. The zero-order valence-corrected chi connectivity index (χ0v) is 11.3. The van der Waals surface area contributed by atoms with E-state index in [0.717, 1.165) is 32.1 Å². The van der Waals surface area contributed by atoms with E-state index < -0.39 is 28.8 Å². The summed E-state index contributed by atoms with van der Waals surface area (Å²) in [6.45, 7) is -0.394. The molecule has 1 atom stereocenters. The van der Waals surface area contributed by atoms with Gasteiger partial charge in [0, 0.05) is 19.6 Å². The van der Waals surface area contributed by atoms with E-state index in [1.807, 2.05) is 0 Å². The highest BCUT2D eigenvalue weighted by molar-refractivity contribution is 7.87. The number of aliphatic hydroxyl groups excluding tert-OH is 1. The third-order valence-corrected chi connectivity index (χ3v) is 4.84. The van der Waals surface area contributed by atoms with Crippen LogP contribution in [0.4, 0.5) is 0 Å². The predicted octanol–water partition coefficient (Wildman–Crippen LogP) is -1.07. The molecule has 0 aliphatic heterocycles. The van der Waals surface area contributed by atoms with Crippen LogP contribution in [0.3, 0.4) is 0 Å². The van der Waals surface area contributed by atoms with Crippen LogP contribution in [-0.2, 0) is 15.0 Å². The molecule has 1 aliphatic carbocycles. The van der Waals surface area contributed by atoms with Crippen molar-refractivity contribution in [1.82, 2.24) is 9.03 Å². The van der Waals surface area contributed by atoms with Gasteiger partial charge < -0.3 is 10.8 Å². The molecule has 18 heavy (non-hydrogen) atoms. The molecule has 4 N–H and O–H groups in total. The number of primary amides is 1. The lowest BCUT2D eigenvalue weighted by Gasteiger charge is -2.30. The SMILES string of the molecule is CN(C1CCCCC1)S(=O)(=O)NCC(O)C(N)=O. The minimum Gasteiger partial charge on any atom is -0.382 e. The van der Waals surface area contributed by atoms with E-state index in [9.17, 15) is 13.2 Å². The van der Waals surface area contributed by atoms with Gasteiger partial charge in [-0.3, -0.25) is 4.79 Å². The maximum Gasteiger partial charge on any atom is 0.279 e. The summed E-state index contributed by atoms with van der Waals surface area (Å²) >= 11 is 0. The Morgan fingerprint density at radius 1 is 1.44 bits per heavy atom. The van der Waals surface area contributed by atoms with Crippen molar-refractivity contribution in [2.45, 2.75) is 44.2 Å². The Hall–Kier alpha value is -0.700. The molecular formula is C10H21N3O4S. The fourth-order valence-corrected chi connectivity index (χ4v) is 3.20. The number of nitrogens with zero attached hydrogens (tertiary/aromatic N) is 1. The number of carbonyl (C=O) groups excluding carboxylic acids is 1. The molecule has 0 aromatic heterocycles. The molecule has 0 radical (unpaired) electrons.